The van der Waals surface area contributed by atoms with Gasteiger partial charge in [0, 0.05) is 32.7 Å². The van der Waals surface area contributed by atoms with Crippen LogP contribution < -0.4 is 10.1 Å². The molecule has 0 aromatic heterocycles. The van der Waals surface area contributed by atoms with Crippen LogP contribution in [-0.4, -0.2) is 68.1 Å². The molecule has 1 amide bonds. The lowest BCUT2D eigenvalue weighted by Gasteiger charge is -2.32. The van der Waals surface area contributed by atoms with Gasteiger partial charge in [-0.3, -0.25) is 4.79 Å². The summed E-state index contributed by atoms with van der Waals surface area (Å²) < 4.78 is 5.74. The van der Waals surface area contributed by atoms with Crippen molar-refractivity contribution in [1.29, 1.82) is 0 Å². The number of amides is 1. The number of aryl methyl sites for hydroxylation is 1. The van der Waals surface area contributed by atoms with Crippen LogP contribution in [0, 0.1) is 6.92 Å². The molecule has 1 saturated heterocycles. The monoisotopic (exact) mass is 319 g/mol. The predicted molar refractivity (Wildman–Crippen MR) is 92.8 cm³/mol. The summed E-state index contributed by atoms with van der Waals surface area (Å²) >= 11 is 0. The van der Waals surface area contributed by atoms with Crippen LogP contribution in [0.15, 0.2) is 24.3 Å². The SMILES string of the molecule is Cc1ccccc1O[C@H](C)C(=O)NCCCN1CCN(C)CC1. The lowest BCUT2D eigenvalue weighted by molar-refractivity contribution is -0.127. The number of piperazine rings is 1. The zero-order chi connectivity index (χ0) is 16.7. The average molecular weight is 319 g/mol. The highest BCUT2D eigenvalue weighted by molar-refractivity contribution is 5.80. The molecule has 0 unspecified atom stereocenters. The number of benzene rings is 1. The van der Waals surface area contributed by atoms with Crippen molar-refractivity contribution < 1.29 is 9.53 Å². The molecule has 23 heavy (non-hydrogen) atoms. The summed E-state index contributed by atoms with van der Waals surface area (Å²) in [4.78, 5) is 16.9. The number of hydrogen-bond donors (Lipinski definition) is 1. The maximum atomic E-state index is 12.1. The average Bonchev–Trinajstić information content (AvgIpc) is 2.55. The van der Waals surface area contributed by atoms with Gasteiger partial charge in [0.25, 0.3) is 5.91 Å². The summed E-state index contributed by atoms with van der Waals surface area (Å²) in [5, 5.41) is 2.97. The first-order valence-corrected chi connectivity index (χ1v) is 8.47. The van der Waals surface area contributed by atoms with Crippen molar-refractivity contribution in [3.05, 3.63) is 29.8 Å². The molecule has 5 nitrogen and oxygen atoms in total. The molecule has 0 spiro atoms. The summed E-state index contributed by atoms with van der Waals surface area (Å²) in [6.45, 7) is 10.0. The summed E-state index contributed by atoms with van der Waals surface area (Å²) in [5.74, 6) is 0.721. The quantitative estimate of drug-likeness (QED) is 0.774. The van der Waals surface area contributed by atoms with Gasteiger partial charge in [-0.25, -0.2) is 0 Å². The van der Waals surface area contributed by atoms with Gasteiger partial charge < -0.3 is 19.9 Å². The van der Waals surface area contributed by atoms with Gasteiger partial charge in [0.2, 0.25) is 0 Å². The van der Waals surface area contributed by atoms with E-state index in [4.69, 9.17) is 4.74 Å². The molecule has 1 heterocycles. The zero-order valence-electron chi connectivity index (χ0n) is 14.5. The number of hydrogen-bond acceptors (Lipinski definition) is 4. The molecule has 1 atom stereocenters. The summed E-state index contributed by atoms with van der Waals surface area (Å²) in [6, 6.07) is 7.76. The summed E-state index contributed by atoms with van der Waals surface area (Å²) in [5.41, 5.74) is 1.04. The highest BCUT2D eigenvalue weighted by Gasteiger charge is 2.16. The van der Waals surface area contributed by atoms with Gasteiger partial charge in [0.15, 0.2) is 6.10 Å². The first-order valence-electron chi connectivity index (χ1n) is 8.47. The fourth-order valence-electron chi connectivity index (χ4n) is 2.66. The first kappa shape index (κ1) is 17.8. The van der Waals surface area contributed by atoms with Gasteiger partial charge in [-0.05, 0) is 45.5 Å². The Hall–Kier alpha value is -1.59. The lowest BCUT2D eigenvalue weighted by atomic mass is 10.2. The zero-order valence-corrected chi connectivity index (χ0v) is 14.5. The molecule has 0 aliphatic carbocycles. The van der Waals surface area contributed by atoms with Crippen molar-refractivity contribution in [2.75, 3.05) is 46.3 Å². The number of likely N-dealkylation sites (N-methyl/N-ethyl adjacent to an activating group) is 1. The molecule has 1 aromatic rings. The van der Waals surface area contributed by atoms with E-state index in [0.717, 1.165) is 50.5 Å². The normalized spacial score (nSPS) is 17.7. The van der Waals surface area contributed by atoms with Crippen LogP contribution in [0.4, 0.5) is 0 Å². The Morgan fingerprint density at radius 3 is 2.65 bits per heavy atom. The Labute approximate surface area is 139 Å². The summed E-state index contributed by atoms with van der Waals surface area (Å²) in [7, 11) is 2.16. The van der Waals surface area contributed by atoms with Gasteiger partial charge in [0.1, 0.15) is 5.75 Å². The van der Waals surface area contributed by atoms with E-state index in [2.05, 4.69) is 22.2 Å². The number of carbonyl (C=O) groups is 1. The van der Waals surface area contributed by atoms with Gasteiger partial charge in [0.05, 0.1) is 0 Å². The minimum absolute atomic E-state index is 0.0494. The number of nitrogens with zero attached hydrogens (tertiary/aromatic N) is 2. The van der Waals surface area contributed by atoms with E-state index in [1.807, 2.05) is 31.2 Å². The van der Waals surface area contributed by atoms with Gasteiger partial charge >= 0.3 is 0 Å². The van der Waals surface area contributed by atoms with Crippen molar-refractivity contribution in [3.8, 4) is 5.75 Å². The molecule has 5 heteroatoms. The fourth-order valence-corrected chi connectivity index (χ4v) is 2.66. The Morgan fingerprint density at radius 1 is 1.26 bits per heavy atom. The molecule has 1 aliphatic rings. The van der Waals surface area contributed by atoms with Crippen LogP contribution in [0.3, 0.4) is 0 Å². The molecule has 1 aliphatic heterocycles. The molecule has 0 bridgehead atoms. The fraction of sp³-hybridized carbons (Fsp3) is 0.611. The highest BCUT2D eigenvalue weighted by Crippen LogP contribution is 2.17. The molecule has 1 N–H and O–H groups in total. The van der Waals surface area contributed by atoms with Crippen molar-refractivity contribution in [2.45, 2.75) is 26.4 Å². The Morgan fingerprint density at radius 2 is 1.96 bits per heavy atom. The van der Waals surface area contributed by atoms with Gasteiger partial charge in [-0.15, -0.1) is 0 Å². The largest absolute Gasteiger partial charge is 0.481 e. The molecule has 0 radical (unpaired) electrons. The Bertz CT molecular complexity index is 499. The number of rotatable bonds is 7. The Kier molecular flexibility index (Phi) is 6.86. The van der Waals surface area contributed by atoms with E-state index in [-0.39, 0.29) is 5.91 Å². The minimum Gasteiger partial charge on any atom is -0.481 e. The third kappa shape index (κ3) is 5.84. The predicted octanol–water partition coefficient (Wildman–Crippen LogP) is 1.52. The number of ether oxygens (including phenoxy) is 1. The van der Waals surface area contributed by atoms with Gasteiger partial charge in [-0.1, -0.05) is 18.2 Å². The summed E-state index contributed by atoms with van der Waals surface area (Å²) in [6.07, 6.45) is 0.506. The topological polar surface area (TPSA) is 44.8 Å². The van der Waals surface area contributed by atoms with Crippen LogP contribution in [0.5, 0.6) is 5.75 Å². The van der Waals surface area contributed by atoms with Crippen LogP contribution >= 0.6 is 0 Å². The van der Waals surface area contributed by atoms with Crippen LogP contribution in [0.25, 0.3) is 0 Å². The first-order chi connectivity index (χ1) is 11.1. The van der Waals surface area contributed by atoms with Gasteiger partial charge in [-0.2, -0.15) is 0 Å². The standard InChI is InChI=1S/C18H29N3O2/c1-15-7-4-5-8-17(15)23-16(2)18(22)19-9-6-10-21-13-11-20(3)12-14-21/h4-5,7-8,16H,6,9-14H2,1-3H3,(H,19,22)/t16-/m1/s1. The smallest absolute Gasteiger partial charge is 0.260 e. The highest BCUT2D eigenvalue weighted by atomic mass is 16.5. The van der Waals surface area contributed by atoms with E-state index in [0.29, 0.717) is 6.54 Å². The van der Waals surface area contributed by atoms with Crippen LogP contribution in [0.1, 0.15) is 18.9 Å². The number of para-hydroxylation sites is 1. The molecular formula is C18H29N3O2. The molecule has 0 saturated carbocycles. The maximum Gasteiger partial charge on any atom is 0.260 e. The van der Waals surface area contributed by atoms with Crippen LogP contribution in [0.2, 0.25) is 0 Å². The van der Waals surface area contributed by atoms with E-state index >= 15 is 0 Å². The van der Waals surface area contributed by atoms with E-state index in [1.54, 1.807) is 6.92 Å². The minimum atomic E-state index is -0.472. The Balaban J connectivity index is 1.63. The maximum absolute atomic E-state index is 12.1. The third-order valence-corrected chi connectivity index (χ3v) is 4.31. The lowest BCUT2D eigenvalue weighted by Crippen LogP contribution is -2.45. The second-order valence-electron chi connectivity index (χ2n) is 6.32. The number of nitrogens with one attached hydrogen (secondary N) is 1. The van der Waals surface area contributed by atoms with Crippen LogP contribution in [-0.2, 0) is 4.79 Å². The second-order valence-corrected chi connectivity index (χ2v) is 6.32. The van der Waals surface area contributed by atoms with E-state index in [9.17, 15) is 4.79 Å². The molecular weight excluding hydrogens is 290 g/mol. The van der Waals surface area contributed by atoms with E-state index < -0.39 is 6.10 Å². The van der Waals surface area contributed by atoms with Crippen molar-refractivity contribution in [2.24, 2.45) is 0 Å². The van der Waals surface area contributed by atoms with Crippen molar-refractivity contribution in [3.63, 3.8) is 0 Å². The molecule has 2 rings (SSSR count). The number of carbonyl (C=O) groups excluding carboxylic acids is 1. The molecule has 1 fully saturated rings. The third-order valence-electron chi connectivity index (χ3n) is 4.31. The van der Waals surface area contributed by atoms with Crippen molar-refractivity contribution >= 4 is 5.91 Å². The van der Waals surface area contributed by atoms with E-state index in [1.165, 1.54) is 0 Å². The second kappa shape index (κ2) is 8.89. The molecule has 1 aromatic carbocycles. The van der Waals surface area contributed by atoms with Crippen molar-refractivity contribution in [1.82, 2.24) is 15.1 Å². The molecule has 128 valence electrons.